The minimum absolute atomic E-state index is 0.0985. The van der Waals surface area contributed by atoms with Gasteiger partial charge in [0.25, 0.3) is 0 Å². The fraction of sp³-hybridized carbons (Fsp3) is 0.438. The summed E-state index contributed by atoms with van der Waals surface area (Å²) in [4.78, 5) is 6.55. The highest BCUT2D eigenvalue weighted by Crippen LogP contribution is 2.24. The predicted octanol–water partition coefficient (Wildman–Crippen LogP) is 3.40. The minimum Gasteiger partial charge on any atom is -0.394 e. The van der Waals surface area contributed by atoms with Gasteiger partial charge < -0.3 is 5.11 Å². The van der Waals surface area contributed by atoms with Crippen molar-refractivity contribution in [2.45, 2.75) is 32.9 Å². The Morgan fingerprint density at radius 1 is 1.30 bits per heavy atom. The molecule has 0 aliphatic carbocycles. The van der Waals surface area contributed by atoms with Crippen LogP contribution in [-0.4, -0.2) is 34.2 Å². The highest BCUT2D eigenvalue weighted by atomic mass is 35.5. The standard InChI is InChI=1S/C16H21ClN2O/c1-11-5-6-12-8-13(15(17)18-14(12)7-11)9-19(4)16(2,3)10-20/h5-8,20H,9-10H2,1-4H3. The highest BCUT2D eigenvalue weighted by molar-refractivity contribution is 6.30. The SMILES string of the molecule is Cc1ccc2cc(CN(C)C(C)(C)CO)c(Cl)nc2c1. The lowest BCUT2D eigenvalue weighted by atomic mass is 10.0. The van der Waals surface area contributed by atoms with E-state index in [1.54, 1.807) is 0 Å². The molecule has 1 N–H and O–H groups in total. The van der Waals surface area contributed by atoms with E-state index < -0.39 is 0 Å². The molecule has 2 rings (SSSR count). The first kappa shape index (κ1) is 15.2. The number of aromatic nitrogens is 1. The molecule has 0 bridgehead atoms. The van der Waals surface area contributed by atoms with Gasteiger partial charge in [-0.1, -0.05) is 23.7 Å². The minimum atomic E-state index is -0.286. The largest absolute Gasteiger partial charge is 0.394 e. The van der Waals surface area contributed by atoms with E-state index in [-0.39, 0.29) is 12.1 Å². The maximum Gasteiger partial charge on any atom is 0.134 e. The molecule has 0 saturated carbocycles. The smallest absolute Gasteiger partial charge is 0.134 e. The van der Waals surface area contributed by atoms with Gasteiger partial charge in [-0.3, -0.25) is 4.90 Å². The maximum atomic E-state index is 9.42. The van der Waals surface area contributed by atoms with E-state index in [0.717, 1.165) is 16.5 Å². The van der Waals surface area contributed by atoms with Crippen LogP contribution in [0.2, 0.25) is 5.15 Å². The Bertz CT molecular complexity index is 625. The topological polar surface area (TPSA) is 36.4 Å². The maximum absolute atomic E-state index is 9.42. The Morgan fingerprint density at radius 2 is 2.00 bits per heavy atom. The normalized spacial score (nSPS) is 12.3. The molecule has 4 heteroatoms. The fourth-order valence-corrected chi connectivity index (χ4v) is 2.20. The number of halogens is 1. The summed E-state index contributed by atoms with van der Waals surface area (Å²) in [6.07, 6.45) is 0. The molecular weight excluding hydrogens is 272 g/mol. The third-order valence-corrected chi connectivity index (χ3v) is 4.15. The molecule has 0 unspecified atom stereocenters. The molecule has 1 aromatic heterocycles. The van der Waals surface area contributed by atoms with Crippen molar-refractivity contribution >= 4 is 22.5 Å². The lowest BCUT2D eigenvalue weighted by Gasteiger charge is -2.34. The zero-order valence-corrected chi connectivity index (χ0v) is 13.2. The number of fused-ring (bicyclic) bond motifs is 1. The summed E-state index contributed by atoms with van der Waals surface area (Å²) in [5.41, 5.74) is 2.79. The van der Waals surface area contributed by atoms with Gasteiger partial charge >= 0.3 is 0 Å². The summed E-state index contributed by atoms with van der Waals surface area (Å²) >= 11 is 6.29. The van der Waals surface area contributed by atoms with Gasteiger partial charge in [0.1, 0.15) is 5.15 Å². The van der Waals surface area contributed by atoms with Gasteiger partial charge in [-0.05, 0) is 45.5 Å². The number of hydrogen-bond donors (Lipinski definition) is 1. The Balaban J connectivity index is 2.35. The van der Waals surface area contributed by atoms with E-state index in [9.17, 15) is 5.11 Å². The second-order valence-electron chi connectivity index (χ2n) is 5.96. The number of likely N-dealkylation sites (N-methyl/N-ethyl adjacent to an activating group) is 1. The first-order valence-corrected chi connectivity index (χ1v) is 7.09. The third-order valence-electron chi connectivity index (χ3n) is 3.83. The van der Waals surface area contributed by atoms with Crippen molar-refractivity contribution in [1.82, 2.24) is 9.88 Å². The van der Waals surface area contributed by atoms with Gasteiger partial charge in [0, 0.05) is 23.0 Å². The van der Waals surface area contributed by atoms with Crippen molar-refractivity contribution < 1.29 is 5.11 Å². The van der Waals surface area contributed by atoms with Crippen molar-refractivity contribution in [3.63, 3.8) is 0 Å². The monoisotopic (exact) mass is 292 g/mol. The molecule has 108 valence electrons. The number of aryl methyl sites for hydroxylation is 1. The fourth-order valence-electron chi connectivity index (χ4n) is 2.00. The quantitative estimate of drug-likeness (QED) is 0.878. The molecule has 0 spiro atoms. The first-order chi connectivity index (χ1) is 9.33. The Kier molecular flexibility index (Phi) is 4.33. The van der Waals surface area contributed by atoms with Crippen LogP contribution in [0.5, 0.6) is 0 Å². The van der Waals surface area contributed by atoms with E-state index in [0.29, 0.717) is 11.7 Å². The van der Waals surface area contributed by atoms with Gasteiger partial charge in [-0.15, -0.1) is 0 Å². The summed E-state index contributed by atoms with van der Waals surface area (Å²) in [6, 6.07) is 8.25. The Hall–Kier alpha value is -1.16. The molecule has 0 fully saturated rings. The summed E-state index contributed by atoms with van der Waals surface area (Å²) < 4.78 is 0. The van der Waals surface area contributed by atoms with Crippen LogP contribution in [0, 0.1) is 6.92 Å². The van der Waals surface area contributed by atoms with Crippen LogP contribution in [0.1, 0.15) is 25.0 Å². The van der Waals surface area contributed by atoms with Crippen molar-refractivity contribution in [3.05, 3.63) is 40.5 Å². The summed E-state index contributed by atoms with van der Waals surface area (Å²) in [6.45, 7) is 6.79. The zero-order valence-electron chi connectivity index (χ0n) is 12.4. The zero-order chi connectivity index (χ0) is 14.9. The van der Waals surface area contributed by atoms with E-state index in [4.69, 9.17) is 11.6 Å². The molecule has 0 amide bonds. The first-order valence-electron chi connectivity index (χ1n) is 6.71. The van der Waals surface area contributed by atoms with E-state index in [1.165, 1.54) is 5.56 Å². The molecule has 3 nitrogen and oxygen atoms in total. The lowest BCUT2D eigenvalue weighted by molar-refractivity contribution is 0.0734. The summed E-state index contributed by atoms with van der Waals surface area (Å²) in [5.74, 6) is 0. The number of pyridine rings is 1. The van der Waals surface area contributed by atoms with Crippen LogP contribution in [0.4, 0.5) is 0 Å². The van der Waals surface area contributed by atoms with Gasteiger partial charge in [0.15, 0.2) is 0 Å². The highest BCUT2D eigenvalue weighted by Gasteiger charge is 2.23. The van der Waals surface area contributed by atoms with Crippen LogP contribution < -0.4 is 0 Å². The Labute approximate surface area is 125 Å². The number of aliphatic hydroxyl groups is 1. The lowest BCUT2D eigenvalue weighted by Crippen LogP contribution is -2.43. The van der Waals surface area contributed by atoms with Gasteiger partial charge in [0.2, 0.25) is 0 Å². The predicted molar refractivity (Wildman–Crippen MR) is 84.1 cm³/mol. The number of benzene rings is 1. The molecule has 2 aromatic rings. The van der Waals surface area contributed by atoms with E-state index in [1.807, 2.05) is 33.9 Å². The van der Waals surface area contributed by atoms with Crippen LogP contribution in [0.25, 0.3) is 10.9 Å². The van der Waals surface area contributed by atoms with Crippen LogP contribution >= 0.6 is 11.6 Å². The number of nitrogens with zero attached hydrogens (tertiary/aromatic N) is 2. The second kappa shape index (κ2) is 5.68. The van der Waals surface area contributed by atoms with Crippen LogP contribution in [0.3, 0.4) is 0 Å². The van der Waals surface area contributed by atoms with Gasteiger partial charge in [-0.2, -0.15) is 0 Å². The summed E-state index contributed by atoms with van der Waals surface area (Å²) in [7, 11) is 1.98. The van der Waals surface area contributed by atoms with Crippen LogP contribution in [-0.2, 0) is 6.54 Å². The second-order valence-corrected chi connectivity index (χ2v) is 6.32. The van der Waals surface area contributed by atoms with Crippen molar-refractivity contribution in [2.75, 3.05) is 13.7 Å². The average Bonchev–Trinajstić information content (AvgIpc) is 2.39. The van der Waals surface area contributed by atoms with Crippen molar-refractivity contribution in [1.29, 1.82) is 0 Å². The molecule has 1 aromatic carbocycles. The van der Waals surface area contributed by atoms with Gasteiger partial charge in [0.05, 0.1) is 12.1 Å². The molecule has 20 heavy (non-hydrogen) atoms. The van der Waals surface area contributed by atoms with Crippen LogP contribution in [0.15, 0.2) is 24.3 Å². The number of aliphatic hydroxyl groups excluding tert-OH is 1. The number of hydrogen-bond acceptors (Lipinski definition) is 3. The average molecular weight is 293 g/mol. The number of rotatable bonds is 4. The molecule has 0 atom stereocenters. The molecule has 0 aliphatic heterocycles. The van der Waals surface area contributed by atoms with Gasteiger partial charge in [-0.25, -0.2) is 4.98 Å². The molecular formula is C16H21ClN2O. The van der Waals surface area contributed by atoms with E-state index >= 15 is 0 Å². The van der Waals surface area contributed by atoms with Crippen molar-refractivity contribution in [3.8, 4) is 0 Å². The van der Waals surface area contributed by atoms with Crippen molar-refractivity contribution in [2.24, 2.45) is 0 Å². The third kappa shape index (κ3) is 3.11. The van der Waals surface area contributed by atoms with E-state index in [2.05, 4.69) is 28.1 Å². The molecule has 0 saturated heterocycles. The molecule has 1 heterocycles. The molecule has 0 aliphatic rings. The molecule has 0 radical (unpaired) electrons. The Morgan fingerprint density at radius 3 is 2.65 bits per heavy atom. The summed E-state index contributed by atoms with van der Waals surface area (Å²) in [5, 5.41) is 11.0.